The third-order valence-corrected chi connectivity index (χ3v) is 2.83. The molecule has 1 heterocycles. The Morgan fingerprint density at radius 2 is 2.11 bits per heavy atom. The molecular weight excluding hydrogens is 294 g/mol. The van der Waals surface area contributed by atoms with E-state index in [0.29, 0.717) is 0 Å². The topological polar surface area (TPSA) is 52.1 Å². The molecule has 0 fully saturated rings. The lowest BCUT2D eigenvalue weighted by Gasteiger charge is -2.08. The van der Waals surface area contributed by atoms with Gasteiger partial charge in [0.15, 0.2) is 0 Å². The summed E-state index contributed by atoms with van der Waals surface area (Å²) in [4.78, 5) is 19.0. The Morgan fingerprint density at radius 3 is 2.79 bits per heavy atom. The SMILES string of the molecule is COC(=O)c1cccc(-c2nc(Cl)ncc2Cl)c1F. The molecule has 1 aromatic heterocycles. The summed E-state index contributed by atoms with van der Waals surface area (Å²) < 4.78 is 18.7. The van der Waals surface area contributed by atoms with Crippen molar-refractivity contribution in [3.8, 4) is 11.3 Å². The first-order chi connectivity index (χ1) is 9.04. The number of halogens is 3. The van der Waals surface area contributed by atoms with E-state index < -0.39 is 11.8 Å². The molecule has 0 aliphatic carbocycles. The highest BCUT2D eigenvalue weighted by Gasteiger charge is 2.19. The summed E-state index contributed by atoms with van der Waals surface area (Å²) in [6, 6.07) is 4.24. The highest BCUT2D eigenvalue weighted by molar-refractivity contribution is 6.33. The molecule has 0 amide bonds. The fraction of sp³-hybridized carbons (Fsp3) is 0.0833. The van der Waals surface area contributed by atoms with Gasteiger partial charge < -0.3 is 4.74 Å². The van der Waals surface area contributed by atoms with E-state index in [-0.39, 0.29) is 27.1 Å². The smallest absolute Gasteiger partial charge is 0.340 e. The van der Waals surface area contributed by atoms with Crippen molar-refractivity contribution in [2.24, 2.45) is 0 Å². The van der Waals surface area contributed by atoms with Crippen LogP contribution in [0.2, 0.25) is 10.3 Å². The summed E-state index contributed by atoms with van der Waals surface area (Å²) >= 11 is 11.6. The van der Waals surface area contributed by atoms with Gasteiger partial charge in [-0.2, -0.15) is 0 Å². The summed E-state index contributed by atoms with van der Waals surface area (Å²) in [6.45, 7) is 0. The van der Waals surface area contributed by atoms with Crippen molar-refractivity contribution in [1.82, 2.24) is 9.97 Å². The van der Waals surface area contributed by atoms with Crippen LogP contribution in [0.3, 0.4) is 0 Å². The number of aromatic nitrogens is 2. The minimum absolute atomic E-state index is 0.0530. The number of esters is 1. The first-order valence-corrected chi connectivity index (χ1v) is 5.85. The van der Waals surface area contributed by atoms with E-state index in [2.05, 4.69) is 14.7 Å². The van der Waals surface area contributed by atoms with Crippen molar-refractivity contribution >= 4 is 29.2 Å². The number of nitrogens with zero attached hydrogens (tertiary/aromatic N) is 2. The summed E-state index contributed by atoms with van der Waals surface area (Å²) in [5, 5.41) is 0.0626. The van der Waals surface area contributed by atoms with E-state index in [9.17, 15) is 9.18 Å². The Kier molecular flexibility index (Phi) is 3.97. The Labute approximate surface area is 118 Å². The van der Waals surface area contributed by atoms with E-state index in [4.69, 9.17) is 23.2 Å². The number of ether oxygens (including phenoxy) is 1. The molecule has 4 nitrogen and oxygen atoms in total. The molecular formula is C12H7Cl2FN2O2. The van der Waals surface area contributed by atoms with Crippen LogP contribution in [0.4, 0.5) is 4.39 Å². The molecule has 0 aliphatic rings. The Bertz CT molecular complexity index is 650. The average molecular weight is 301 g/mol. The number of rotatable bonds is 2. The van der Waals surface area contributed by atoms with Crippen molar-refractivity contribution in [3.05, 3.63) is 46.1 Å². The van der Waals surface area contributed by atoms with Crippen molar-refractivity contribution in [2.45, 2.75) is 0 Å². The van der Waals surface area contributed by atoms with E-state index in [0.717, 1.165) is 0 Å². The standard InChI is InChI=1S/C12H7Cl2FN2O2/c1-19-11(18)7-4-2-3-6(9(7)15)10-8(13)5-16-12(14)17-10/h2-5H,1H3. The third kappa shape index (κ3) is 2.67. The predicted octanol–water partition coefficient (Wildman–Crippen LogP) is 3.38. The van der Waals surface area contributed by atoms with E-state index in [1.165, 1.54) is 31.5 Å². The van der Waals surface area contributed by atoms with Gasteiger partial charge in [0.2, 0.25) is 5.28 Å². The molecule has 19 heavy (non-hydrogen) atoms. The molecule has 98 valence electrons. The first-order valence-electron chi connectivity index (χ1n) is 5.10. The normalized spacial score (nSPS) is 10.3. The molecule has 7 heteroatoms. The third-order valence-electron chi connectivity index (χ3n) is 2.37. The summed E-state index contributed by atoms with van der Waals surface area (Å²) in [7, 11) is 1.17. The Hall–Kier alpha value is -1.72. The quantitative estimate of drug-likeness (QED) is 0.630. The summed E-state index contributed by atoms with van der Waals surface area (Å²) in [6.07, 6.45) is 1.26. The van der Waals surface area contributed by atoms with Crippen LogP contribution in [0.1, 0.15) is 10.4 Å². The van der Waals surface area contributed by atoms with E-state index in [1.54, 1.807) is 0 Å². The van der Waals surface area contributed by atoms with Crippen molar-refractivity contribution in [3.63, 3.8) is 0 Å². The summed E-state index contributed by atoms with van der Waals surface area (Å²) in [5.41, 5.74) is -0.0343. The number of hydrogen-bond acceptors (Lipinski definition) is 4. The second-order valence-electron chi connectivity index (χ2n) is 3.49. The van der Waals surface area contributed by atoms with Crippen LogP contribution in [0.15, 0.2) is 24.4 Å². The monoisotopic (exact) mass is 300 g/mol. The second-order valence-corrected chi connectivity index (χ2v) is 4.24. The minimum Gasteiger partial charge on any atom is -0.465 e. The molecule has 0 saturated carbocycles. The van der Waals surface area contributed by atoms with Crippen LogP contribution in [-0.4, -0.2) is 23.0 Å². The van der Waals surface area contributed by atoms with E-state index >= 15 is 0 Å². The van der Waals surface area contributed by atoms with Gasteiger partial charge in [-0.3, -0.25) is 0 Å². The Balaban J connectivity index is 2.63. The Morgan fingerprint density at radius 1 is 1.37 bits per heavy atom. The molecule has 2 rings (SSSR count). The number of carbonyl (C=O) groups is 1. The lowest BCUT2D eigenvalue weighted by molar-refractivity contribution is 0.0595. The molecule has 0 aliphatic heterocycles. The maximum Gasteiger partial charge on any atom is 0.340 e. The van der Waals surface area contributed by atoms with Gasteiger partial charge in [-0.05, 0) is 23.7 Å². The van der Waals surface area contributed by atoms with Gasteiger partial charge >= 0.3 is 5.97 Å². The van der Waals surface area contributed by atoms with Crippen LogP contribution < -0.4 is 0 Å². The fourth-order valence-electron chi connectivity index (χ4n) is 1.52. The maximum atomic E-state index is 14.2. The van der Waals surface area contributed by atoms with Gasteiger partial charge in [-0.25, -0.2) is 19.2 Å². The molecule has 0 N–H and O–H groups in total. The van der Waals surface area contributed by atoms with Crippen molar-refractivity contribution in [2.75, 3.05) is 7.11 Å². The van der Waals surface area contributed by atoms with Gasteiger partial charge in [0, 0.05) is 5.56 Å². The number of benzene rings is 1. The van der Waals surface area contributed by atoms with Crippen LogP contribution in [0.25, 0.3) is 11.3 Å². The van der Waals surface area contributed by atoms with Gasteiger partial charge in [0.1, 0.15) is 5.82 Å². The van der Waals surface area contributed by atoms with Gasteiger partial charge in [0.25, 0.3) is 0 Å². The molecule has 0 spiro atoms. The molecule has 0 atom stereocenters. The zero-order valence-corrected chi connectivity index (χ0v) is 11.2. The summed E-state index contributed by atoms with van der Waals surface area (Å²) in [5.74, 6) is -1.55. The fourth-order valence-corrected chi connectivity index (χ4v) is 1.84. The molecule has 1 aromatic carbocycles. The average Bonchev–Trinajstić information content (AvgIpc) is 2.41. The molecule has 0 unspecified atom stereocenters. The van der Waals surface area contributed by atoms with Crippen LogP contribution in [0, 0.1) is 5.82 Å². The van der Waals surface area contributed by atoms with E-state index in [1.807, 2.05) is 0 Å². The number of methoxy groups -OCH3 is 1. The molecule has 0 saturated heterocycles. The first kappa shape index (κ1) is 13.7. The van der Waals surface area contributed by atoms with Crippen LogP contribution in [-0.2, 0) is 4.74 Å². The van der Waals surface area contributed by atoms with Gasteiger partial charge in [-0.15, -0.1) is 0 Å². The van der Waals surface area contributed by atoms with Crippen molar-refractivity contribution < 1.29 is 13.9 Å². The van der Waals surface area contributed by atoms with Gasteiger partial charge in [0.05, 0.1) is 29.6 Å². The maximum absolute atomic E-state index is 14.2. The zero-order chi connectivity index (χ0) is 14.0. The number of hydrogen-bond donors (Lipinski definition) is 0. The molecule has 2 aromatic rings. The van der Waals surface area contributed by atoms with Crippen LogP contribution in [0.5, 0.6) is 0 Å². The van der Waals surface area contributed by atoms with Gasteiger partial charge in [-0.1, -0.05) is 17.7 Å². The predicted molar refractivity (Wildman–Crippen MR) is 68.8 cm³/mol. The highest BCUT2D eigenvalue weighted by atomic mass is 35.5. The largest absolute Gasteiger partial charge is 0.465 e. The second kappa shape index (κ2) is 5.50. The molecule has 0 radical (unpaired) electrons. The molecule has 0 bridgehead atoms. The van der Waals surface area contributed by atoms with Crippen molar-refractivity contribution in [1.29, 1.82) is 0 Å². The lowest BCUT2D eigenvalue weighted by atomic mass is 10.1. The minimum atomic E-state index is -0.782. The lowest BCUT2D eigenvalue weighted by Crippen LogP contribution is -2.05. The number of carbonyl (C=O) groups excluding carboxylic acids is 1. The van der Waals surface area contributed by atoms with Crippen LogP contribution >= 0.6 is 23.2 Å². The zero-order valence-electron chi connectivity index (χ0n) is 9.65. The highest BCUT2D eigenvalue weighted by Crippen LogP contribution is 2.29.